The Kier molecular flexibility index (Phi) is 4.21. The van der Waals surface area contributed by atoms with Crippen LogP contribution in [-0.2, 0) is 4.79 Å². The van der Waals surface area contributed by atoms with Crippen LogP contribution in [0.2, 0.25) is 0 Å². The zero-order valence-electron chi connectivity index (χ0n) is 12.7. The molecule has 2 rings (SSSR count). The van der Waals surface area contributed by atoms with Crippen LogP contribution in [0.3, 0.4) is 0 Å². The number of carbonyl (C=O) groups excluding carboxylic acids is 1. The fraction of sp³-hybridized carbons (Fsp3) is 0.933. The molecule has 1 aliphatic heterocycles. The van der Waals surface area contributed by atoms with Crippen molar-refractivity contribution in [3.63, 3.8) is 0 Å². The van der Waals surface area contributed by atoms with Gasteiger partial charge in [0.25, 0.3) is 0 Å². The quantitative estimate of drug-likeness (QED) is 0.735. The smallest absolute Gasteiger partial charge is 0.239 e. The van der Waals surface area contributed by atoms with Gasteiger partial charge in [-0.3, -0.25) is 9.69 Å². The molecule has 0 bridgehead atoms. The second-order valence-electron chi connectivity index (χ2n) is 6.87. The maximum absolute atomic E-state index is 12.1. The summed E-state index contributed by atoms with van der Waals surface area (Å²) in [5.41, 5.74) is 5.49. The molecule has 3 N–H and O–H groups in total. The van der Waals surface area contributed by atoms with E-state index >= 15 is 0 Å². The maximum atomic E-state index is 12.1. The van der Waals surface area contributed by atoms with Crippen LogP contribution < -0.4 is 11.1 Å². The minimum Gasteiger partial charge on any atom is -0.368 e. The lowest BCUT2D eigenvalue weighted by Gasteiger charge is -2.41. The lowest BCUT2D eigenvalue weighted by molar-refractivity contribution is -0.126. The predicted molar refractivity (Wildman–Crippen MR) is 77.8 cm³/mol. The summed E-state index contributed by atoms with van der Waals surface area (Å²) in [6.07, 6.45) is 5.73. The molecule has 19 heavy (non-hydrogen) atoms. The normalized spacial score (nSPS) is 26.3. The Hall–Kier alpha value is -0.610. The molecule has 1 saturated carbocycles. The third-order valence-electron chi connectivity index (χ3n) is 4.92. The van der Waals surface area contributed by atoms with Crippen molar-refractivity contribution < 1.29 is 4.79 Å². The summed E-state index contributed by atoms with van der Waals surface area (Å²) in [6, 6.07) is 0. The van der Waals surface area contributed by atoms with Crippen molar-refractivity contribution in [3.8, 4) is 0 Å². The molecule has 1 heterocycles. The Morgan fingerprint density at radius 3 is 2.58 bits per heavy atom. The van der Waals surface area contributed by atoms with Gasteiger partial charge in [0.15, 0.2) is 0 Å². The van der Waals surface area contributed by atoms with Crippen LogP contribution in [0, 0.1) is 5.92 Å². The fourth-order valence-electron chi connectivity index (χ4n) is 3.38. The number of amides is 1. The molecule has 0 aromatic carbocycles. The first-order valence-corrected chi connectivity index (χ1v) is 7.72. The van der Waals surface area contributed by atoms with E-state index < -0.39 is 5.54 Å². The van der Waals surface area contributed by atoms with Crippen molar-refractivity contribution in [1.82, 2.24) is 10.2 Å². The summed E-state index contributed by atoms with van der Waals surface area (Å²) in [5.74, 6) is 0.277. The highest BCUT2D eigenvalue weighted by Crippen LogP contribution is 2.42. The summed E-state index contributed by atoms with van der Waals surface area (Å²) < 4.78 is 0. The molecule has 1 saturated heterocycles. The van der Waals surface area contributed by atoms with E-state index in [0.29, 0.717) is 5.92 Å². The van der Waals surface area contributed by atoms with Gasteiger partial charge in [0.05, 0.1) is 0 Å². The van der Waals surface area contributed by atoms with Crippen molar-refractivity contribution in [1.29, 1.82) is 0 Å². The minimum atomic E-state index is -0.502. The molecule has 1 aliphatic carbocycles. The van der Waals surface area contributed by atoms with Gasteiger partial charge < -0.3 is 11.1 Å². The Balaban J connectivity index is 2.14. The number of carbonyl (C=O) groups is 1. The van der Waals surface area contributed by atoms with E-state index in [-0.39, 0.29) is 11.4 Å². The minimum absolute atomic E-state index is 0.161. The highest BCUT2D eigenvalue weighted by atomic mass is 16.1. The second kappa shape index (κ2) is 5.41. The summed E-state index contributed by atoms with van der Waals surface area (Å²) >= 11 is 0. The average Bonchev–Trinajstić information content (AvgIpc) is 3.11. The van der Waals surface area contributed by atoms with E-state index in [9.17, 15) is 4.79 Å². The van der Waals surface area contributed by atoms with E-state index in [1.807, 2.05) is 0 Å². The zero-order valence-corrected chi connectivity index (χ0v) is 12.7. The van der Waals surface area contributed by atoms with Gasteiger partial charge in [-0.25, -0.2) is 0 Å². The Labute approximate surface area is 117 Å². The summed E-state index contributed by atoms with van der Waals surface area (Å²) in [5, 5.41) is 3.49. The van der Waals surface area contributed by atoms with Gasteiger partial charge in [0.1, 0.15) is 5.54 Å². The van der Waals surface area contributed by atoms with E-state index in [1.165, 1.54) is 12.8 Å². The van der Waals surface area contributed by atoms with Crippen molar-refractivity contribution >= 4 is 5.91 Å². The van der Waals surface area contributed by atoms with Crippen LogP contribution >= 0.6 is 0 Å². The molecule has 0 aromatic heterocycles. The molecule has 0 radical (unpaired) electrons. The predicted octanol–water partition coefficient (Wildman–Crippen LogP) is 1.49. The molecule has 2 aliphatic rings. The number of nitrogens with one attached hydrogen (secondary N) is 1. The van der Waals surface area contributed by atoms with Gasteiger partial charge in [-0.2, -0.15) is 0 Å². The van der Waals surface area contributed by atoms with Crippen molar-refractivity contribution in [2.45, 2.75) is 64.0 Å². The van der Waals surface area contributed by atoms with E-state index in [4.69, 9.17) is 5.73 Å². The molecule has 1 amide bonds. The lowest BCUT2D eigenvalue weighted by Crippen LogP contribution is -2.64. The number of rotatable bonds is 7. The second-order valence-corrected chi connectivity index (χ2v) is 6.87. The number of nitrogens with zero attached hydrogens (tertiary/aromatic N) is 1. The first kappa shape index (κ1) is 14.8. The van der Waals surface area contributed by atoms with Gasteiger partial charge >= 0.3 is 0 Å². The third-order valence-corrected chi connectivity index (χ3v) is 4.92. The molecule has 0 spiro atoms. The van der Waals surface area contributed by atoms with Gasteiger partial charge in [-0.1, -0.05) is 6.92 Å². The van der Waals surface area contributed by atoms with E-state index in [2.05, 4.69) is 31.0 Å². The monoisotopic (exact) mass is 267 g/mol. The highest BCUT2D eigenvalue weighted by Gasteiger charge is 2.52. The van der Waals surface area contributed by atoms with Crippen molar-refractivity contribution in [2.24, 2.45) is 11.7 Å². The van der Waals surface area contributed by atoms with Crippen LogP contribution in [0.25, 0.3) is 0 Å². The zero-order chi connectivity index (χ0) is 14.1. The number of hydrogen-bond acceptors (Lipinski definition) is 3. The summed E-state index contributed by atoms with van der Waals surface area (Å²) in [6.45, 7) is 9.42. The number of hydrogen-bond donors (Lipinski definition) is 2. The maximum Gasteiger partial charge on any atom is 0.239 e. The third kappa shape index (κ3) is 2.95. The summed E-state index contributed by atoms with van der Waals surface area (Å²) in [7, 11) is 0. The van der Waals surface area contributed by atoms with Crippen LogP contribution in [0.4, 0.5) is 0 Å². The molecule has 1 unspecified atom stereocenters. The molecule has 110 valence electrons. The van der Waals surface area contributed by atoms with Gasteiger partial charge in [-0.15, -0.1) is 0 Å². The first-order chi connectivity index (χ1) is 8.92. The molecular weight excluding hydrogens is 238 g/mol. The Morgan fingerprint density at radius 1 is 1.47 bits per heavy atom. The Morgan fingerprint density at radius 2 is 2.16 bits per heavy atom. The number of likely N-dealkylation sites (tertiary alicyclic amines) is 1. The molecule has 4 heteroatoms. The SMILES string of the molecule is CCCNC(CN1CCCC1(C)C)(C(N)=O)C1CC1. The molecule has 4 nitrogen and oxygen atoms in total. The van der Waals surface area contributed by atoms with Gasteiger partial charge in [0.2, 0.25) is 5.91 Å². The van der Waals surface area contributed by atoms with Crippen LogP contribution in [0.15, 0.2) is 0 Å². The van der Waals surface area contributed by atoms with Crippen LogP contribution in [-0.4, -0.2) is 41.5 Å². The fourth-order valence-corrected chi connectivity index (χ4v) is 3.38. The van der Waals surface area contributed by atoms with E-state index in [0.717, 1.165) is 38.9 Å². The molecule has 0 aromatic rings. The average molecular weight is 267 g/mol. The van der Waals surface area contributed by atoms with Crippen LogP contribution in [0.5, 0.6) is 0 Å². The molecule has 1 atom stereocenters. The van der Waals surface area contributed by atoms with Gasteiger partial charge in [-0.05, 0) is 65.0 Å². The standard InChI is InChI=1S/C15H29N3O/c1-4-9-17-15(13(16)19,12-6-7-12)11-18-10-5-8-14(18,2)3/h12,17H,4-11H2,1-3H3,(H2,16,19). The van der Waals surface area contributed by atoms with Crippen LogP contribution in [0.1, 0.15) is 52.9 Å². The first-order valence-electron chi connectivity index (χ1n) is 7.72. The van der Waals surface area contributed by atoms with Crippen molar-refractivity contribution in [3.05, 3.63) is 0 Å². The van der Waals surface area contributed by atoms with Gasteiger partial charge in [0, 0.05) is 12.1 Å². The topological polar surface area (TPSA) is 58.4 Å². The number of nitrogens with two attached hydrogens (primary N) is 1. The molecular formula is C15H29N3O. The Bertz CT molecular complexity index is 338. The lowest BCUT2D eigenvalue weighted by atomic mass is 9.89. The van der Waals surface area contributed by atoms with E-state index in [1.54, 1.807) is 0 Å². The largest absolute Gasteiger partial charge is 0.368 e. The number of primary amides is 1. The highest BCUT2D eigenvalue weighted by molar-refractivity contribution is 5.86. The van der Waals surface area contributed by atoms with Crippen molar-refractivity contribution in [2.75, 3.05) is 19.6 Å². The summed E-state index contributed by atoms with van der Waals surface area (Å²) in [4.78, 5) is 14.6. The molecule has 2 fully saturated rings.